The summed E-state index contributed by atoms with van der Waals surface area (Å²) in [7, 11) is -3.56. The van der Waals surface area contributed by atoms with Gasteiger partial charge < -0.3 is 15.0 Å². The number of likely N-dealkylation sites (tertiary alicyclic amines) is 1. The molecule has 7 nitrogen and oxygen atoms in total. The highest BCUT2D eigenvalue weighted by molar-refractivity contribution is 7.89. The highest BCUT2D eigenvalue weighted by Gasteiger charge is 2.31. The van der Waals surface area contributed by atoms with E-state index in [4.69, 9.17) is 0 Å². The summed E-state index contributed by atoms with van der Waals surface area (Å²) in [6.45, 7) is 4.87. The molecule has 2 rings (SSSR count). The second-order valence-corrected chi connectivity index (χ2v) is 6.64. The number of aliphatic hydroxyl groups is 1. The van der Waals surface area contributed by atoms with Gasteiger partial charge in [0, 0.05) is 32.4 Å². The molecule has 0 aliphatic carbocycles. The number of rotatable bonds is 5. The van der Waals surface area contributed by atoms with Crippen LogP contribution in [0.2, 0.25) is 0 Å². The molecule has 0 atom stereocenters. The predicted molar refractivity (Wildman–Crippen MR) is 72.8 cm³/mol. The molecule has 1 aliphatic rings. The number of carbonyl (C=O) groups excluding carboxylic acids is 1. The van der Waals surface area contributed by atoms with Gasteiger partial charge in [0.25, 0.3) is 5.91 Å². The Kier molecular flexibility index (Phi) is 4.17. The highest BCUT2D eigenvalue weighted by Crippen LogP contribution is 2.19. The van der Waals surface area contributed by atoms with Crippen LogP contribution >= 0.6 is 0 Å². The first-order valence-electron chi connectivity index (χ1n) is 6.56. The molecule has 1 amide bonds. The Hall–Kier alpha value is -1.38. The van der Waals surface area contributed by atoms with Crippen molar-refractivity contribution in [3.8, 4) is 0 Å². The zero-order valence-electron chi connectivity index (χ0n) is 11.5. The van der Waals surface area contributed by atoms with Gasteiger partial charge in [0.1, 0.15) is 10.6 Å². The summed E-state index contributed by atoms with van der Waals surface area (Å²) in [4.78, 5) is 16.2. The number of hydrogen-bond acceptors (Lipinski definition) is 4. The third-order valence-corrected chi connectivity index (χ3v) is 5.41. The number of carbonyl (C=O) groups is 1. The van der Waals surface area contributed by atoms with Crippen molar-refractivity contribution in [3.05, 3.63) is 18.0 Å². The Bertz CT molecular complexity index is 586. The molecule has 0 bridgehead atoms. The fraction of sp³-hybridized carbons (Fsp3) is 0.583. The Labute approximate surface area is 118 Å². The molecular weight excluding hydrogens is 282 g/mol. The maximum atomic E-state index is 12.3. The van der Waals surface area contributed by atoms with Crippen molar-refractivity contribution in [1.29, 1.82) is 0 Å². The number of H-pyrrole nitrogens is 1. The molecule has 1 aromatic heterocycles. The van der Waals surface area contributed by atoms with Crippen molar-refractivity contribution in [2.45, 2.75) is 24.8 Å². The van der Waals surface area contributed by atoms with Gasteiger partial charge in [-0.25, -0.2) is 8.42 Å². The fourth-order valence-electron chi connectivity index (χ4n) is 2.15. The number of nitrogens with one attached hydrogen (secondary N) is 1. The normalized spacial score (nSPS) is 16.5. The van der Waals surface area contributed by atoms with Gasteiger partial charge in [-0.3, -0.25) is 4.79 Å². The molecule has 0 spiro atoms. The first-order chi connectivity index (χ1) is 9.40. The lowest BCUT2D eigenvalue weighted by molar-refractivity contribution is 0.00554. The lowest BCUT2D eigenvalue weighted by atomic mass is 10.1. The van der Waals surface area contributed by atoms with E-state index in [-0.39, 0.29) is 29.6 Å². The molecule has 0 unspecified atom stereocenters. The molecule has 2 N–H and O–H groups in total. The van der Waals surface area contributed by atoms with Crippen LogP contribution in [0.5, 0.6) is 0 Å². The summed E-state index contributed by atoms with van der Waals surface area (Å²) < 4.78 is 25.9. The first kappa shape index (κ1) is 15.0. The van der Waals surface area contributed by atoms with Crippen LogP contribution in [-0.2, 0) is 10.0 Å². The van der Waals surface area contributed by atoms with Gasteiger partial charge in [0.2, 0.25) is 10.0 Å². The van der Waals surface area contributed by atoms with Crippen LogP contribution < -0.4 is 0 Å². The summed E-state index contributed by atoms with van der Waals surface area (Å²) in [6.07, 6.45) is 0.852. The zero-order valence-corrected chi connectivity index (χ0v) is 12.4. The number of sulfonamides is 1. The van der Waals surface area contributed by atoms with Crippen molar-refractivity contribution >= 4 is 15.9 Å². The number of aliphatic hydroxyl groups excluding tert-OH is 1. The van der Waals surface area contributed by atoms with Gasteiger partial charge in [-0.1, -0.05) is 13.8 Å². The van der Waals surface area contributed by atoms with Crippen LogP contribution in [0.15, 0.2) is 17.2 Å². The lowest BCUT2D eigenvalue weighted by Gasteiger charge is -2.35. The van der Waals surface area contributed by atoms with Crippen molar-refractivity contribution in [2.75, 3.05) is 26.2 Å². The minimum Gasteiger partial charge on any atom is -0.389 e. The molecule has 1 fully saturated rings. The van der Waals surface area contributed by atoms with Gasteiger partial charge >= 0.3 is 0 Å². The van der Waals surface area contributed by atoms with E-state index in [1.165, 1.54) is 21.5 Å². The summed E-state index contributed by atoms with van der Waals surface area (Å²) in [5, 5.41) is 9.18. The number of aromatic amines is 1. The molecular formula is C12H19N3O4S. The van der Waals surface area contributed by atoms with Crippen LogP contribution in [0.25, 0.3) is 0 Å². The number of amides is 1. The molecule has 2 heterocycles. The van der Waals surface area contributed by atoms with Crippen molar-refractivity contribution in [2.24, 2.45) is 0 Å². The van der Waals surface area contributed by atoms with Gasteiger partial charge in [-0.2, -0.15) is 4.31 Å². The van der Waals surface area contributed by atoms with E-state index in [2.05, 4.69) is 4.98 Å². The summed E-state index contributed by atoms with van der Waals surface area (Å²) in [5.74, 6) is -0.295. The molecule has 0 radical (unpaired) electrons. The molecule has 0 saturated carbocycles. The SMILES string of the molecule is CCN(CC)S(=O)(=O)c1c[nH]c(C(=O)N2CC(O)C2)c1. The van der Waals surface area contributed by atoms with Crippen LogP contribution in [-0.4, -0.2) is 65.9 Å². The van der Waals surface area contributed by atoms with E-state index in [1.54, 1.807) is 13.8 Å². The highest BCUT2D eigenvalue weighted by atomic mass is 32.2. The van der Waals surface area contributed by atoms with Crippen molar-refractivity contribution in [3.63, 3.8) is 0 Å². The maximum absolute atomic E-state index is 12.3. The molecule has 20 heavy (non-hydrogen) atoms. The summed E-state index contributed by atoms with van der Waals surface area (Å²) >= 11 is 0. The number of nitrogens with zero attached hydrogens (tertiary/aromatic N) is 2. The molecule has 1 aliphatic heterocycles. The molecule has 8 heteroatoms. The fourth-order valence-corrected chi connectivity index (χ4v) is 3.60. The Balaban J connectivity index is 2.18. The van der Waals surface area contributed by atoms with E-state index in [0.717, 1.165) is 0 Å². The number of hydrogen-bond donors (Lipinski definition) is 2. The standard InChI is InChI=1S/C12H19N3O4S/c1-3-15(4-2)20(18,19)10-5-11(13-6-10)12(17)14-7-9(16)8-14/h5-6,9,13,16H,3-4,7-8H2,1-2H3. The monoisotopic (exact) mass is 301 g/mol. The zero-order chi connectivity index (χ0) is 14.9. The minimum absolute atomic E-state index is 0.0885. The van der Waals surface area contributed by atoms with E-state index < -0.39 is 16.1 Å². The summed E-state index contributed by atoms with van der Waals surface area (Å²) in [6, 6.07) is 1.35. The topological polar surface area (TPSA) is 93.7 Å². The molecule has 1 saturated heterocycles. The van der Waals surface area contributed by atoms with Crippen LogP contribution in [0, 0.1) is 0 Å². The second-order valence-electron chi connectivity index (χ2n) is 4.70. The number of aromatic nitrogens is 1. The molecule has 112 valence electrons. The van der Waals surface area contributed by atoms with Gasteiger partial charge in [-0.15, -0.1) is 0 Å². The van der Waals surface area contributed by atoms with Crippen LogP contribution in [0.1, 0.15) is 24.3 Å². The minimum atomic E-state index is -3.56. The number of β-amino-alcohol motifs (C(OH)–C–C–N with tert-alkyl or cyclic N) is 1. The smallest absolute Gasteiger partial charge is 0.270 e. The largest absolute Gasteiger partial charge is 0.389 e. The van der Waals surface area contributed by atoms with Gasteiger partial charge in [0.15, 0.2) is 0 Å². The predicted octanol–water partition coefficient (Wildman–Crippen LogP) is -0.138. The first-order valence-corrected chi connectivity index (χ1v) is 8.00. The van der Waals surface area contributed by atoms with Crippen LogP contribution in [0.4, 0.5) is 0 Å². The maximum Gasteiger partial charge on any atom is 0.270 e. The molecule has 0 aromatic carbocycles. The Morgan fingerprint density at radius 2 is 2.05 bits per heavy atom. The third-order valence-electron chi connectivity index (χ3n) is 3.38. The van der Waals surface area contributed by atoms with Crippen LogP contribution in [0.3, 0.4) is 0 Å². The summed E-state index contributed by atoms with van der Waals surface area (Å²) in [5.41, 5.74) is 0.225. The Morgan fingerprint density at radius 1 is 1.45 bits per heavy atom. The van der Waals surface area contributed by atoms with Crippen molar-refractivity contribution in [1.82, 2.24) is 14.2 Å². The van der Waals surface area contributed by atoms with Gasteiger partial charge in [0.05, 0.1) is 6.10 Å². The van der Waals surface area contributed by atoms with Crippen molar-refractivity contribution < 1.29 is 18.3 Å². The quantitative estimate of drug-likeness (QED) is 0.791. The van der Waals surface area contributed by atoms with E-state index in [9.17, 15) is 18.3 Å². The second kappa shape index (κ2) is 5.55. The third kappa shape index (κ3) is 2.58. The molecule has 1 aromatic rings. The van der Waals surface area contributed by atoms with E-state index >= 15 is 0 Å². The Morgan fingerprint density at radius 3 is 2.55 bits per heavy atom. The average Bonchev–Trinajstić information content (AvgIpc) is 2.85. The van der Waals surface area contributed by atoms with E-state index in [1.807, 2.05) is 0 Å². The lowest BCUT2D eigenvalue weighted by Crippen LogP contribution is -2.53. The average molecular weight is 301 g/mol. The van der Waals surface area contributed by atoms with Gasteiger partial charge in [-0.05, 0) is 6.07 Å². The van der Waals surface area contributed by atoms with E-state index in [0.29, 0.717) is 13.1 Å².